The fourth-order valence-corrected chi connectivity index (χ4v) is 5.33. The molecule has 2 unspecified atom stereocenters. The van der Waals surface area contributed by atoms with E-state index in [0.717, 1.165) is 23.3 Å². The van der Waals surface area contributed by atoms with E-state index >= 15 is 0 Å². The minimum atomic E-state index is -3.35. The van der Waals surface area contributed by atoms with Crippen molar-refractivity contribution in [3.63, 3.8) is 0 Å². The molecule has 2 aromatic rings. The monoisotopic (exact) mass is 430 g/mol. The molecule has 2 aromatic carbocycles. The summed E-state index contributed by atoms with van der Waals surface area (Å²) in [7, 11) is -3.35. The van der Waals surface area contributed by atoms with Crippen molar-refractivity contribution in [1.29, 1.82) is 0 Å². The second-order valence-electron chi connectivity index (χ2n) is 7.91. The van der Waals surface area contributed by atoms with Gasteiger partial charge in [0.1, 0.15) is 0 Å². The minimum Gasteiger partial charge on any atom is -0.490 e. The number of benzene rings is 2. The van der Waals surface area contributed by atoms with Crippen molar-refractivity contribution in [2.75, 3.05) is 23.8 Å². The van der Waals surface area contributed by atoms with E-state index in [1.54, 1.807) is 18.2 Å². The van der Waals surface area contributed by atoms with Gasteiger partial charge in [0, 0.05) is 18.0 Å². The van der Waals surface area contributed by atoms with Gasteiger partial charge in [-0.15, -0.1) is 0 Å². The third-order valence-corrected chi connectivity index (χ3v) is 6.74. The fraction of sp³-hybridized carbons (Fsp3) is 0.409. The number of carbonyl (C=O) groups excluding carboxylic acids is 1. The molecule has 2 aliphatic heterocycles. The average Bonchev–Trinajstić information content (AvgIpc) is 2.86. The van der Waals surface area contributed by atoms with Crippen LogP contribution < -0.4 is 19.1 Å². The van der Waals surface area contributed by atoms with Crippen molar-refractivity contribution in [1.82, 2.24) is 5.32 Å². The third-order valence-electron chi connectivity index (χ3n) is 5.47. The Kier molecular flexibility index (Phi) is 5.36. The summed E-state index contributed by atoms with van der Waals surface area (Å²) in [5.41, 5.74) is 2.95. The van der Waals surface area contributed by atoms with Crippen molar-refractivity contribution in [2.24, 2.45) is 0 Å². The largest absolute Gasteiger partial charge is 0.490 e. The molecule has 1 amide bonds. The predicted molar refractivity (Wildman–Crippen MR) is 115 cm³/mol. The highest BCUT2D eigenvalue weighted by Gasteiger charge is 2.32. The molecule has 0 saturated heterocycles. The molecule has 8 heteroatoms. The van der Waals surface area contributed by atoms with Gasteiger partial charge in [-0.25, -0.2) is 8.42 Å². The number of nitrogens with one attached hydrogen (secondary N) is 1. The highest BCUT2D eigenvalue weighted by Crippen LogP contribution is 2.35. The lowest BCUT2D eigenvalue weighted by Gasteiger charge is -2.22. The number of hydrogen-bond donors (Lipinski definition) is 1. The van der Waals surface area contributed by atoms with Crippen molar-refractivity contribution in [3.8, 4) is 11.5 Å². The summed E-state index contributed by atoms with van der Waals surface area (Å²) in [6.45, 7) is 5.02. The highest BCUT2D eigenvalue weighted by molar-refractivity contribution is 7.92. The highest BCUT2D eigenvalue weighted by atomic mass is 32.2. The zero-order chi connectivity index (χ0) is 21.5. The first-order valence-electron chi connectivity index (χ1n) is 10.1. The van der Waals surface area contributed by atoms with Crippen molar-refractivity contribution >= 4 is 21.6 Å². The topological polar surface area (TPSA) is 84.9 Å². The van der Waals surface area contributed by atoms with E-state index < -0.39 is 10.0 Å². The molecular weight excluding hydrogens is 404 g/mol. The summed E-state index contributed by atoms with van der Waals surface area (Å²) in [4.78, 5) is 12.8. The first-order valence-corrected chi connectivity index (χ1v) is 11.9. The Hall–Kier alpha value is -2.74. The Morgan fingerprint density at radius 1 is 1.13 bits per heavy atom. The molecule has 0 aliphatic carbocycles. The summed E-state index contributed by atoms with van der Waals surface area (Å²) >= 11 is 0. The maximum absolute atomic E-state index is 12.8. The maximum atomic E-state index is 12.8. The molecular formula is C22H26N2O5S. The summed E-state index contributed by atoms with van der Waals surface area (Å²) in [6, 6.07) is 10.5. The zero-order valence-electron chi connectivity index (χ0n) is 17.3. The second kappa shape index (κ2) is 7.83. The third kappa shape index (κ3) is 3.96. The maximum Gasteiger partial charge on any atom is 0.251 e. The molecule has 0 aromatic heterocycles. The van der Waals surface area contributed by atoms with Crippen LogP contribution in [0.3, 0.4) is 0 Å². The van der Waals surface area contributed by atoms with Crippen LogP contribution in [0.4, 0.5) is 5.69 Å². The van der Waals surface area contributed by atoms with Crippen LogP contribution in [0.15, 0.2) is 36.4 Å². The van der Waals surface area contributed by atoms with Crippen LogP contribution >= 0.6 is 0 Å². The molecule has 0 saturated carbocycles. The number of nitrogens with zero attached hydrogens (tertiary/aromatic N) is 1. The lowest BCUT2D eigenvalue weighted by molar-refractivity contribution is 0.0939. The quantitative estimate of drug-likeness (QED) is 0.806. The number of sulfonamides is 1. The van der Waals surface area contributed by atoms with Crippen LogP contribution in [-0.4, -0.2) is 39.8 Å². The van der Waals surface area contributed by atoms with E-state index in [-0.39, 0.29) is 18.0 Å². The van der Waals surface area contributed by atoms with Crippen LogP contribution in [0.25, 0.3) is 0 Å². The smallest absolute Gasteiger partial charge is 0.251 e. The van der Waals surface area contributed by atoms with E-state index in [2.05, 4.69) is 5.32 Å². The normalized spacial score (nSPS) is 19.0. The van der Waals surface area contributed by atoms with Crippen LogP contribution in [-0.2, 0) is 16.4 Å². The summed E-state index contributed by atoms with van der Waals surface area (Å²) in [6.07, 6.45) is 2.63. The van der Waals surface area contributed by atoms with Gasteiger partial charge in [-0.05, 0) is 61.7 Å². The van der Waals surface area contributed by atoms with E-state index in [0.29, 0.717) is 36.6 Å². The molecule has 2 heterocycles. The molecule has 1 N–H and O–H groups in total. The number of fused-ring (bicyclic) bond motifs is 2. The van der Waals surface area contributed by atoms with Crippen LogP contribution in [0.5, 0.6) is 11.5 Å². The van der Waals surface area contributed by atoms with E-state index in [4.69, 9.17) is 9.47 Å². The predicted octanol–water partition coefficient (Wildman–Crippen LogP) is 3.05. The molecule has 2 aliphatic rings. The first-order chi connectivity index (χ1) is 14.2. The number of carbonyl (C=O) groups is 1. The van der Waals surface area contributed by atoms with Gasteiger partial charge in [0.25, 0.3) is 5.91 Å². The molecule has 30 heavy (non-hydrogen) atoms. The van der Waals surface area contributed by atoms with Gasteiger partial charge in [0.2, 0.25) is 10.0 Å². The summed E-state index contributed by atoms with van der Waals surface area (Å²) < 4.78 is 37.0. The molecule has 2 atom stereocenters. The van der Waals surface area contributed by atoms with E-state index in [9.17, 15) is 13.2 Å². The van der Waals surface area contributed by atoms with Crippen molar-refractivity contribution in [3.05, 3.63) is 53.1 Å². The lowest BCUT2D eigenvalue weighted by Crippen LogP contribution is -2.34. The molecule has 4 rings (SSSR count). The number of amides is 1. The van der Waals surface area contributed by atoms with E-state index in [1.807, 2.05) is 32.0 Å². The van der Waals surface area contributed by atoms with Gasteiger partial charge < -0.3 is 14.8 Å². The van der Waals surface area contributed by atoms with E-state index in [1.165, 1.54) is 10.6 Å². The van der Waals surface area contributed by atoms with Crippen molar-refractivity contribution in [2.45, 2.75) is 38.8 Å². The molecule has 0 fully saturated rings. The average molecular weight is 431 g/mol. The van der Waals surface area contributed by atoms with Crippen LogP contribution in [0.1, 0.15) is 47.8 Å². The number of rotatable bonds is 4. The molecule has 0 radical (unpaired) electrons. The number of hydrogen-bond acceptors (Lipinski definition) is 5. The Bertz CT molecular complexity index is 1080. The summed E-state index contributed by atoms with van der Waals surface area (Å²) in [5, 5.41) is 3.01. The molecule has 160 valence electrons. The molecule has 7 nitrogen and oxygen atoms in total. The Morgan fingerprint density at radius 2 is 1.87 bits per heavy atom. The molecule has 0 bridgehead atoms. The van der Waals surface area contributed by atoms with Gasteiger partial charge in [-0.1, -0.05) is 6.07 Å². The van der Waals surface area contributed by atoms with Gasteiger partial charge in [-0.2, -0.15) is 0 Å². The van der Waals surface area contributed by atoms with Crippen LogP contribution in [0, 0.1) is 0 Å². The first kappa shape index (κ1) is 20.5. The summed E-state index contributed by atoms with van der Waals surface area (Å²) in [5.74, 6) is 1.21. The minimum absolute atomic E-state index is 0.158. The zero-order valence-corrected chi connectivity index (χ0v) is 18.2. The standard InChI is InChI=1S/C22H26N2O5S/c1-14-11-18-12-17(5-7-19(18)24(14)30(3,26)27)22(25)23-15(2)16-6-8-20-21(13-16)29-10-4-9-28-20/h5-8,12-15H,4,9-11H2,1-3H3,(H,23,25). The van der Waals surface area contributed by atoms with Gasteiger partial charge in [-0.3, -0.25) is 9.10 Å². The van der Waals surface area contributed by atoms with Gasteiger partial charge in [0.15, 0.2) is 11.5 Å². The van der Waals surface area contributed by atoms with Gasteiger partial charge in [0.05, 0.1) is 31.2 Å². The van der Waals surface area contributed by atoms with Gasteiger partial charge >= 0.3 is 0 Å². The van der Waals surface area contributed by atoms with Crippen molar-refractivity contribution < 1.29 is 22.7 Å². The Labute approximate surface area is 177 Å². The second-order valence-corrected chi connectivity index (χ2v) is 9.77. The Balaban J connectivity index is 1.51. The van der Waals surface area contributed by atoms with Crippen LogP contribution in [0.2, 0.25) is 0 Å². The number of ether oxygens (including phenoxy) is 2. The SMILES string of the molecule is CC(NC(=O)c1ccc2c(c1)CC(C)N2S(C)(=O)=O)c1ccc2c(c1)OCCCO2. The lowest BCUT2D eigenvalue weighted by atomic mass is 10.0. The fourth-order valence-electron chi connectivity index (χ4n) is 4.06. The molecule has 0 spiro atoms. The number of anilines is 1. The Morgan fingerprint density at radius 3 is 2.60 bits per heavy atom.